The van der Waals surface area contributed by atoms with E-state index in [4.69, 9.17) is 4.74 Å². The van der Waals surface area contributed by atoms with Crippen molar-refractivity contribution in [1.29, 1.82) is 0 Å². The number of carbonyl (C=O) groups excluding carboxylic acids is 2. The van der Waals surface area contributed by atoms with Gasteiger partial charge in [-0.3, -0.25) is 14.3 Å². The molecule has 1 aromatic carbocycles. The number of rotatable bonds is 5. The van der Waals surface area contributed by atoms with Gasteiger partial charge in [0.2, 0.25) is 0 Å². The molecule has 0 saturated carbocycles. The number of amides is 1. The summed E-state index contributed by atoms with van der Waals surface area (Å²) in [5.41, 5.74) is 5.17. The molecule has 1 aliphatic heterocycles. The maximum atomic E-state index is 12.8. The molecule has 1 atom stereocenters. The molecule has 1 aliphatic rings. The van der Waals surface area contributed by atoms with Gasteiger partial charge in [0, 0.05) is 35.9 Å². The minimum absolute atomic E-state index is 0.206. The minimum Gasteiger partial charge on any atom is -0.460 e. The highest BCUT2D eigenvalue weighted by molar-refractivity contribution is 6.05. The lowest BCUT2D eigenvalue weighted by Crippen LogP contribution is -2.17. The first-order valence-electron chi connectivity index (χ1n) is 8.76. The van der Waals surface area contributed by atoms with Crippen LogP contribution in [-0.2, 0) is 22.6 Å². The summed E-state index contributed by atoms with van der Waals surface area (Å²) < 4.78 is 8.83. The lowest BCUT2D eigenvalue weighted by atomic mass is 10.1. The number of benzene rings is 1. The molecule has 27 heavy (non-hydrogen) atoms. The fourth-order valence-corrected chi connectivity index (χ4v) is 3.45. The van der Waals surface area contributed by atoms with Crippen LogP contribution in [0.3, 0.4) is 0 Å². The third-order valence-electron chi connectivity index (χ3n) is 4.93. The first kappa shape index (κ1) is 17.1. The molecule has 0 bridgehead atoms. The predicted molar refractivity (Wildman–Crippen MR) is 99.6 cm³/mol. The summed E-state index contributed by atoms with van der Waals surface area (Å²) in [6.45, 7) is 5.37. The Hall–Kier alpha value is -3.35. The highest BCUT2D eigenvalue weighted by Crippen LogP contribution is 2.29. The van der Waals surface area contributed by atoms with Gasteiger partial charge in [-0.1, -0.05) is 12.1 Å². The molecule has 0 aliphatic carbocycles. The van der Waals surface area contributed by atoms with Gasteiger partial charge >= 0.3 is 0 Å². The number of nitrogens with one attached hydrogen (secondary N) is 1. The number of aromatic nitrogens is 3. The third kappa shape index (κ3) is 3.12. The number of anilines is 1. The summed E-state index contributed by atoms with van der Waals surface area (Å²) in [6, 6.07) is 9.86. The molecule has 0 spiro atoms. The molecule has 1 amide bonds. The highest BCUT2D eigenvalue weighted by Gasteiger charge is 2.25. The van der Waals surface area contributed by atoms with Gasteiger partial charge in [0.1, 0.15) is 11.8 Å². The molecule has 2 aromatic heterocycles. The molecular formula is C20H20N4O3. The van der Waals surface area contributed by atoms with Gasteiger partial charge in [0.15, 0.2) is 0 Å². The Kier molecular flexibility index (Phi) is 4.27. The highest BCUT2D eigenvalue weighted by atomic mass is 16.5. The van der Waals surface area contributed by atoms with E-state index >= 15 is 0 Å². The Labute approximate surface area is 156 Å². The van der Waals surface area contributed by atoms with Crippen LogP contribution >= 0.6 is 0 Å². The molecular weight excluding hydrogens is 344 g/mol. The van der Waals surface area contributed by atoms with Crippen LogP contribution in [0.2, 0.25) is 0 Å². The van der Waals surface area contributed by atoms with Crippen molar-refractivity contribution >= 4 is 18.1 Å². The fourth-order valence-electron chi connectivity index (χ4n) is 3.45. The van der Waals surface area contributed by atoms with Crippen LogP contribution in [0.4, 0.5) is 5.69 Å². The number of nitrogens with zero attached hydrogens (tertiary/aromatic N) is 3. The van der Waals surface area contributed by atoms with Gasteiger partial charge in [-0.25, -0.2) is 0 Å². The zero-order valence-corrected chi connectivity index (χ0v) is 15.2. The molecule has 3 heterocycles. The van der Waals surface area contributed by atoms with Gasteiger partial charge in [0.05, 0.1) is 6.54 Å². The molecule has 7 nitrogen and oxygen atoms in total. The van der Waals surface area contributed by atoms with Crippen LogP contribution in [-0.4, -0.2) is 26.7 Å². The maximum Gasteiger partial charge on any atom is 0.293 e. The van der Waals surface area contributed by atoms with Gasteiger partial charge in [-0.15, -0.1) is 0 Å². The van der Waals surface area contributed by atoms with Gasteiger partial charge in [-0.2, -0.15) is 5.10 Å². The number of hydrogen-bond donors (Lipinski definition) is 1. The summed E-state index contributed by atoms with van der Waals surface area (Å²) >= 11 is 0. The van der Waals surface area contributed by atoms with E-state index in [9.17, 15) is 9.59 Å². The standard InChI is InChI=1S/C20H20N4O3/c1-13-5-7-21-24(13)10-15-3-4-16-11-23-8-6-17(14(2)27-12-25)19(23)20(26)22-18(16)9-15/h3-9,12,14H,10-11H2,1-2H3,(H,22,26). The van der Waals surface area contributed by atoms with E-state index in [1.807, 2.05) is 46.6 Å². The lowest BCUT2D eigenvalue weighted by molar-refractivity contribution is -0.133. The summed E-state index contributed by atoms with van der Waals surface area (Å²) in [6.07, 6.45) is 3.15. The largest absolute Gasteiger partial charge is 0.460 e. The van der Waals surface area contributed by atoms with Crippen LogP contribution in [0.15, 0.2) is 42.7 Å². The second-order valence-electron chi connectivity index (χ2n) is 6.70. The normalized spacial score (nSPS) is 13.9. The minimum atomic E-state index is -0.482. The average molecular weight is 364 g/mol. The Bertz CT molecular complexity index is 1020. The van der Waals surface area contributed by atoms with Crippen molar-refractivity contribution in [3.05, 3.63) is 70.8 Å². The van der Waals surface area contributed by atoms with Crippen LogP contribution in [0, 0.1) is 6.92 Å². The van der Waals surface area contributed by atoms with E-state index in [-0.39, 0.29) is 5.91 Å². The Morgan fingerprint density at radius 1 is 1.33 bits per heavy atom. The Morgan fingerprint density at radius 3 is 2.93 bits per heavy atom. The quantitative estimate of drug-likeness (QED) is 0.706. The maximum absolute atomic E-state index is 12.8. The van der Waals surface area contributed by atoms with E-state index in [0.717, 1.165) is 22.5 Å². The fraction of sp³-hybridized carbons (Fsp3) is 0.250. The van der Waals surface area contributed by atoms with Crippen molar-refractivity contribution < 1.29 is 14.3 Å². The van der Waals surface area contributed by atoms with Crippen LogP contribution < -0.4 is 5.32 Å². The lowest BCUT2D eigenvalue weighted by Gasteiger charge is -2.12. The van der Waals surface area contributed by atoms with Crippen molar-refractivity contribution in [1.82, 2.24) is 14.3 Å². The smallest absolute Gasteiger partial charge is 0.293 e. The molecule has 1 unspecified atom stereocenters. The van der Waals surface area contributed by atoms with Crippen LogP contribution in [0.5, 0.6) is 0 Å². The molecule has 1 N–H and O–H groups in total. The molecule has 3 aromatic rings. The number of fused-ring (bicyclic) bond motifs is 2. The number of carbonyl (C=O) groups is 2. The summed E-state index contributed by atoms with van der Waals surface area (Å²) in [5.74, 6) is -0.206. The second-order valence-corrected chi connectivity index (χ2v) is 6.70. The van der Waals surface area contributed by atoms with E-state index in [0.29, 0.717) is 30.8 Å². The van der Waals surface area contributed by atoms with Crippen molar-refractivity contribution in [2.24, 2.45) is 0 Å². The molecule has 0 saturated heterocycles. The van der Waals surface area contributed by atoms with Crippen molar-refractivity contribution in [2.75, 3.05) is 5.32 Å². The van der Waals surface area contributed by atoms with Crippen molar-refractivity contribution in [2.45, 2.75) is 33.0 Å². The average Bonchev–Trinajstić information content (AvgIpc) is 3.20. The first-order valence-corrected chi connectivity index (χ1v) is 8.76. The molecule has 0 radical (unpaired) electrons. The Balaban J connectivity index is 1.65. The van der Waals surface area contributed by atoms with E-state index in [1.165, 1.54) is 0 Å². The predicted octanol–water partition coefficient (Wildman–Crippen LogP) is 2.89. The van der Waals surface area contributed by atoms with Crippen molar-refractivity contribution in [3.63, 3.8) is 0 Å². The summed E-state index contributed by atoms with van der Waals surface area (Å²) in [4.78, 5) is 23.5. The van der Waals surface area contributed by atoms with Crippen molar-refractivity contribution in [3.8, 4) is 0 Å². The second kappa shape index (κ2) is 6.75. The Morgan fingerprint density at radius 2 is 2.19 bits per heavy atom. The molecule has 4 rings (SSSR count). The van der Waals surface area contributed by atoms with Gasteiger partial charge in [0.25, 0.3) is 12.4 Å². The number of aryl methyl sites for hydroxylation is 1. The number of ether oxygens (including phenoxy) is 1. The van der Waals surface area contributed by atoms with Crippen LogP contribution in [0.25, 0.3) is 0 Å². The third-order valence-corrected chi connectivity index (χ3v) is 4.93. The topological polar surface area (TPSA) is 78.2 Å². The van der Waals surface area contributed by atoms with E-state index < -0.39 is 6.10 Å². The van der Waals surface area contributed by atoms with Crippen LogP contribution in [0.1, 0.15) is 45.9 Å². The zero-order chi connectivity index (χ0) is 19.0. The monoisotopic (exact) mass is 364 g/mol. The SMILES string of the molecule is Cc1ccnn1Cc1ccc2c(c1)NC(=O)c1c(C(C)OC=O)ccn1C2. The summed E-state index contributed by atoms with van der Waals surface area (Å²) in [5, 5.41) is 7.32. The molecule has 7 heteroatoms. The number of hydrogen-bond acceptors (Lipinski definition) is 4. The van der Waals surface area contributed by atoms with E-state index in [1.54, 1.807) is 13.1 Å². The summed E-state index contributed by atoms with van der Waals surface area (Å²) in [7, 11) is 0. The molecule has 0 fully saturated rings. The zero-order valence-electron chi connectivity index (χ0n) is 15.2. The van der Waals surface area contributed by atoms with Gasteiger partial charge < -0.3 is 14.6 Å². The first-order chi connectivity index (χ1) is 13.1. The van der Waals surface area contributed by atoms with E-state index in [2.05, 4.69) is 16.5 Å². The molecule has 138 valence electrons. The van der Waals surface area contributed by atoms with Gasteiger partial charge in [-0.05, 0) is 43.2 Å².